The molecule has 0 amide bonds. The highest BCUT2D eigenvalue weighted by atomic mass is 16.8. The Hall–Kier alpha value is -1.54. The summed E-state index contributed by atoms with van der Waals surface area (Å²) in [5.41, 5.74) is 0. The molecule has 0 bridgehead atoms. The van der Waals surface area contributed by atoms with E-state index >= 15 is 0 Å². The van der Waals surface area contributed by atoms with Crippen LogP contribution >= 0.6 is 0 Å². The van der Waals surface area contributed by atoms with Crippen molar-refractivity contribution in [2.75, 3.05) is 26.4 Å². The molecule has 2 aliphatic heterocycles. The molecule has 0 saturated carbocycles. The van der Waals surface area contributed by atoms with Crippen LogP contribution in [0, 0.1) is 0 Å². The zero-order valence-corrected chi connectivity index (χ0v) is 8.33. The van der Waals surface area contributed by atoms with E-state index in [0.29, 0.717) is 0 Å². The highest BCUT2D eigenvalue weighted by Crippen LogP contribution is 2.04. The largest absolute Gasteiger partial charge is 0.508 e. The van der Waals surface area contributed by atoms with Crippen LogP contribution in [-0.2, 0) is 18.9 Å². The molecule has 8 nitrogen and oxygen atoms in total. The Morgan fingerprint density at radius 3 is 1.44 bits per heavy atom. The number of ether oxygens (including phenoxy) is 4. The maximum Gasteiger partial charge on any atom is 0.508 e. The standard InChI is InChI=1S/2C4H6O4/c2*5-1-3-2-7-4(6)8-3/h2*3,5H,1-2H2. The molecule has 2 heterocycles. The first-order valence-corrected chi connectivity index (χ1v) is 4.54. The lowest BCUT2D eigenvalue weighted by Crippen LogP contribution is -2.14. The van der Waals surface area contributed by atoms with Crippen molar-refractivity contribution in [3.05, 3.63) is 0 Å². The fourth-order valence-electron chi connectivity index (χ4n) is 0.910. The van der Waals surface area contributed by atoms with Gasteiger partial charge in [0, 0.05) is 0 Å². The van der Waals surface area contributed by atoms with Crippen LogP contribution in [0.15, 0.2) is 0 Å². The van der Waals surface area contributed by atoms with Gasteiger partial charge in [-0.15, -0.1) is 0 Å². The van der Waals surface area contributed by atoms with Crippen molar-refractivity contribution < 1.29 is 38.7 Å². The molecule has 2 unspecified atom stereocenters. The number of rotatable bonds is 2. The van der Waals surface area contributed by atoms with E-state index in [4.69, 9.17) is 10.2 Å². The SMILES string of the molecule is O=C1OCC(CO)O1.O=C1OCC(CO)O1. The molecule has 0 aromatic heterocycles. The molecule has 0 radical (unpaired) electrons. The molecule has 2 aliphatic rings. The highest BCUT2D eigenvalue weighted by Gasteiger charge is 2.23. The Morgan fingerprint density at radius 2 is 1.31 bits per heavy atom. The van der Waals surface area contributed by atoms with Gasteiger partial charge in [0.05, 0.1) is 13.2 Å². The van der Waals surface area contributed by atoms with Crippen LogP contribution in [-0.4, -0.2) is 61.2 Å². The molecule has 2 saturated heterocycles. The molecule has 2 rings (SSSR count). The number of hydrogen-bond donors (Lipinski definition) is 2. The molecular formula is C8H12O8. The molecular weight excluding hydrogens is 224 g/mol. The van der Waals surface area contributed by atoms with Crippen molar-refractivity contribution in [2.45, 2.75) is 12.2 Å². The molecule has 2 N–H and O–H groups in total. The van der Waals surface area contributed by atoms with Crippen LogP contribution in [0.4, 0.5) is 9.59 Å². The minimum absolute atomic E-state index is 0.161. The molecule has 0 spiro atoms. The fraction of sp³-hybridized carbons (Fsp3) is 0.750. The van der Waals surface area contributed by atoms with Gasteiger partial charge in [-0.25, -0.2) is 9.59 Å². The predicted molar refractivity (Wildman–Crippen MR) is 46.6 cm³/mol. The van der Waals surface area contributed by atoms with E-state index in [1.165, 1.54) is 0 Å². The van der Waals surface area contributed by atoms with Crippen molar-refractivity contribution in [1.29, 1.82) is 0 Å². The van der Waals surface area contributed by atoms with E-state index in [0.717, 1.165) is 0 Å². The number of carbonyl (C=O) groups excluding carboxylic acids is 2. The summed E-state index contributed by atoms with van der Waals surface area (Å²) >= 11 is 0. The van der Waals surface area contributed by atoms with Gasteiger partial charge in [0.25, 0.3) is 0 Å². The summed E-state index contributed by atoms with van der Waals surface area (Å²) in [6.07, 6.45) is -2.27. The van der Waals surface area contributed by atoms with E-state index in [1.807, 2.05) is 0 Å². The van der Waals surface area contributed by atoms with Crippen LogP contribution in [0.3, 0.4) is 0 Å². The summed E-state index contributed by atoms with van der Waals surface area (Å²) < 4.78 is 17.5. The summed E-state index contributed by atoms with van der Waals surface area (Å²) in [5.74, 6) is 0. The van der Waals surface area contributed by atoms with Crippen LogP contribution in [0.1, 0.15) is 0 Å². The first-order valence-electron chi connectivity index (χ1n) is 4.54. The average molecular weight is 236 g/mol. The van der Waals surface area contributed by atoms with Crippen molar-refractivity contribution in [2.24, 2.45) is 0 Å². The van der Waals surface area contributed by atoms with Crippen molar-refractivity contribution in [3.63, 3.8) is 0 Å². The topological polar surface area (TPSA) is 112 Å². The lowest BCUT2D eigenvalue weighted by molar-refractivity contribution is 0.0915. The number of hydrogen-bond acceptors (Lipinski definition) is 8. The summed E-state index contributed by atoms with van der Waals surface area (Å²) in [6, 6.07) is 0. The van der Waals surface area contributed by atoms with Crippen molar-refractivity contribution in [3.8, 4) is 0 Å². The summed E-state index contributed by atoms with van der Waals surface area (Å²) in [5, 5.41) is 16.7. The summed E-state index contributed by atoms with van der Waals surface area (Å²) in [6.45, 7) is 0.0299. The lowest BCUT2D eigenvalue weighted by atomic mass is 10.4. The van der Waals surface area contributed by atoms with Gasteiger partial charge in [-0.3, -0.25) is 0 Å². The van der Waals surface area contributed by atoms with E-state index in [-0.39, 0.29) is 26.4 Å². The second-order valence-electron chi connectivity index (χ2n) is 2.97. The van der Waals surface area contributed by atoms with Gasteiger partial charge in [-0.1, -0.05) is 0 Å². The van der Waals surface area contributed by atoms with Gasteiger partial charge in [0.15, 0.2) is 12.2 Å². The van der Waals surface area contributed by atoms with Crippen LogP contribution < -0.4 is 0 Å². The Kier molecular flexibility index (Phi) is 4.80. The molecule has 0 aromatic rings. The Bertz CT molecular complexity index is 226. The number of aliphatic hydroxyl groups is 2. The summed E-state index contributed by atoms with van der Waals surface area (Å²) in [4.78, 5) is 20.1. The third kappa shape index (κ3) is 3.91. The van der Waals surface area contributed by atoms with Gasteiger partial charge >= 0.3 is 12.3 Å². The molecule has 8 heteroatoms. The predicted octanol–water partition coefficient (Wildman–Crippen LogP) is -0.972. The van der Waals surface area contributed by atoms with Gasteiger partial charge < -0.3 is 29.2 Å². The quantitative estimate of drug-likeness (QED) is 0.589. The molecule has 92 valence electrons. The van der Waals surface area contributed by atoms with Crippen LogP contribution in [0.2, 0.25) is 0 Å². The Balaban J connectivity index is 0.000000160. The van der Waals surface area contributed by atoms with Gasteiger partial charge in [0.1, 0.15) is 13.2 Å². The number of cyclic esters (lactones) is 4. The maximum absolute atomic E-state index is 10.1. The van der Waals surface area contributed by atoms with E-state index in [1.54, 1.807) is 0 Å². The third-order valence-corrected chi connectivity index (χ3v) is 1.71. The monoisotopic (exact) mass is 236 g/mol. The summed E-state index contributed by atoms with van der Waals surface area (Å²) in [7, 11) is 0. The minimum Gasteiger partial charge on any atom is -0.430 e. The Labute approximate surface area is 90.7 Å². The zero-order chi connectivity index (χ0) is 12.0. The van der Waals surface area contributed by atoms with E-state index < -0.39 is 24.5 Å². The van der Waals surface area contributed by atoms with Crippen molar-refractivity contribution >= 4 is 12.3 Å². The minimum atomic E-state index is -0.691. The molecule has 2 fully saturated rings. The normalized spacial score (nSPS) is 27.1. The lowest BCUT2D eigenvalue weighted by Gasteiger charge is -1.96. The van der Waals surface area contributed by atoms with Gasteiger partial charge in [-0.05, 0) is 0 Å². The first kappa shape index (κ1) is 12.5. The highest BCUT2D eigenvalue weighted by molar-refractivity contribution is 5.62. The van der Waals surface area contributed by atoms with Crippen molar-refractivity contribution in [1.82, 2.24) is 0 Å². The smallest absolute Gasteiger partial charge is 0.430 e. The van der Waals surface area contributed by atoms with E-state index in [2.05, 4.69) is 18.9 Å². The number of aliphatic hydroxyl groups excluding tert-OH is 2. The zero-order valence-electron chi connectivity index (χ0n) is 8.33. The molecule has 2 atom stereocenters. The van der Waals surface area contributed by atoms with Gasteiger partial charge in [0.2, 0.25) is 0 Å². The molecule has 0 aromatic carbocycles. The molecule has 0 aliphatic carbocycles. The van der Waals surface area contributed by atoms with Gasteiger partial charge in [-0.2, -0.15) is 0 Å². The second kappa shape index (κ2) is 6.13. The number of carbonyl (C=O) groups is 2. The maximum atomic E-state index is 10.1. The van der Waals surface area contributed by atoms with Crippen LogP contribution in [0.25, 0.3) is 0 Å². The van der Waals surface area contributed by atoms with E-state index in [9.17, 15) is 9.59 Å². The third-order valence-electron chi connectivity index (χ3n) is 1.71. The Morgan fingerprint density at radius 1 is 0.938 bits per heavy atom. The first-order chi connectivity index (χ1) is 7.65. The fourth-order valence-corrected chi connectivity index (χ4v) is 0.910. The average Bonchev–Trinajstić information content (AvgIpc) is 2.88. The second-order valence-corrected chi connectivity index (χ2v) is 2.97. The molecule has 16 heavy (non-hydrogen) atoms. The van der Waals surface area contributed by atoms with Crippen LogP contribution in [0.5, 0.6) is 0 Å².